The first-order valence-corrected chi connectivity index (χ1v) is 10.3. The summed E-state index contributed by atoms with van der Waals surface area (Å²) < 4.78 is 16.5. The van der Waals surface area contributed by atoms with Gasteiger partial charge in [-0.25, -0.2) is 5.01 Å². The van der Waals surface area contributed by atoms with E-state index in [1.165, 1.54) is 0 Å². The molecule has 0 saturated carbocycles. The van der Waals surface area contributed by atoms with Gasteiger partial charge in [0.05, 0.1) is 33.1 Å². The lowest BCUT2D eigenvalue weighted by Gasteiger charge is -2.26. The van der Waals surface area contributed by atoms with Gasteiger partial charge in [-0.3, -0.25) is 15.2 Å². The Morgan fingerprint density at radius 2 is 1.67 bits per heavy atom. The van der Waals surface area contributed by atoms with Crippen molar-refractivity contribution in [1.82, 2.24) is 15.4 Å². The van der Waals surface area contributed by atoms with Gasteiger partial charge in [0.15, 0.2) is 11.5 Å². The third-order valence-electron chi connectivity index (χ3n) is 5.53. The van der Waals surface area contributed by atoms with E-state index in [1.54, 1.807) is 63.0 Å². The number of rotatable bonds is 6. The minimum atomic E-state index is -0.469. The van der Waals surface area contributed by atoms with E-state index in [9.17, 15) is 9.90 Å². The second-order valence-corrected chi connectivity index (χ2v) is 7.51. The predicted octanol–water partition coefficient (Wildman–Crippen LogP) is 3.86. The van der Waals surface area contributed by atoms with E-state index in [4.69, 9.17) is 14.2 Å². The van der Waals surface area contributed by atoms with E-state index in [0.717, 1.165) is 22.4 Å². The average Bonchev–Trinajstić information content (AvgIpc) is 3.30. The molecule has 4 rings (SSSR count). The molecule has 0 radical (unpaired) electrons. The molecule has 1 amide bonds. The highest BCUT2D eigenvalue weighted by molar-refractivity contribution is 5.95. The van der Waals surface area contributed by atoms with Crippen molar-refractivity contribution in [2.75, 3.05) is 21.3 Å². The first-order valence-electron chi connectivity index (χ1n) is 10.3. The molecule has 0 spiro atoms. The number of carbonyl (C=O) groups excluding carboxylic acids is 1. The molecule has 8 nitrogen and oxygen atoms in total. The van der Waals surface area contributed by atoms with Crippen LogP contribution in [0.5, 0.6) is 23.0 Å². The minimum Gasteiger partial charge on any atom is -0.508 e. The number of phenols is 1. The van der Waals surface area contributed by atoms with Crippen LogP contribution in [0.1, 0.15) is 33.1 Å². The summed E-state index contributed by atoms with van der Waals surface area (Å²) in [6.45, 7) is 1.82. The number of aromatic hydroxyl groups is 1. The number of hydrogen-bond donors (Lipinski definition) is 2. The van der Waals surface area contributed by atoms with Gasteiger partial charge >= 0.3 is 0 Å². The predicted molar refractivity (Wildman–Crippen MR) is 123 cm³/mol. The highest BCUT2D eigenvalue weighted by atomic mass is 16.5. The van der Waals surface area contributed by atoms with Gasteiger partial charge in [0.25, 0.3) is 5.91 Å². The van der Waals surface area contributed by atoms with Crippen molar-refractivity contribution >= 4 is 11.6 Å². The lowest BCUT2D eigenvalue weighted by atomic mass is 10.0. The van der Waals surface area contributed by atoms with Crippen LogP contribution in [0.2, 0.25) is 0 Å². The molecule has 170 valence electrons. The fourth-order valence-corrected chi connectivity index (χ4v) is 3.78. The van der Waals surface area contributed by atoms with Gasteiger partial charge in [-0.05, 0) is 72.2 Å². The van der Waals surface area contributed by atoms with E-state index >= 15 is 0 Å². The molecule has 1 aromatic heterocycles. The Balaban J connectivity index is 1.82. The molecule has 0 fully saturated rings. The highest BCUT2D eigenvalue weighted by Crippen LogP contribution is 2.42. The molecule has 2 N–H and O–H groups in total. The monoisotopic (exact) mass is 447 g/mol. The molecule has 0 bridgehead atoms. The van der Waals surface area contributed by atoms with Gasteiger partial charge in [-0.1, -0.05) is 0 Å². The van der Waals surface area contributed by atoms with Crippen molar-refractivity contribution in [2.45, 2.75) is 13.0 Å². The lowest BCUT2D eigenvalue weighted by Crippen LogP contribution is -2.39. The third kappa shape index (κ3) is 4.15. The van der Waals surface area contributed by atoms with Gasteiger partial charge in [-0.2, -0.15) is 0 Å². The van der Waals surface area contributed by atoms with Crippen molar-refractivity contribution < 1.29 is 24.1 Å². The average molecular weight is 447 g/mol. The number of nitrogens with zero attached hydrogens (tertiary/aromatic N) is 2. The zero-order valence-corrected chi connectivity index (χ0v) is 18.8. The third-order valence-corrected chi connectivity index (χ3v) is 5.53. The minimum absolute atomic E-state index is 0.211. The van der Waals surface area contributed by atoms with Gasteiger partial charge in [-0.15, -0.1) is 0 Å². The Hall–Kier alpha value is -4.20. The first-order chi connectivity index (χ1) is 16.0. The number of benzene rings is 2. The van der Waals surface area contributed by atoms with E-state index < -0.39 is 6.04 Å². The summed E-state index contributed by atoms with van der Waals surface area (Å²) in [7, 11) is 4.64. The maximum Gasteiger partial charge on any atom is 0.273 e. The van der Waals surface area contributed by atoms with Gasteiger partial charge in [0.1, 0.15) is 5.75 Å². The number of hydrazine groups is 1. The number of phenolic OH excluding ortho intramolecular Hbond substituents is 1. The van der Waals surface area contributed by atoms with Crippen LogP contribution >= 0.6 is 0 Å². The number of pyridine rings is 1. The van der Waals surface area contributed by atoms with Crippen LogP contribution in [0, 0.1) is 6.92 Å². The normalized spacial score (nSPS) is 15.0. The first kappa shape index (κ1) is 22.0. The molecule has 3 aromatic rings. The van der Waals surface area contributed by atoms with Crippen LogP contribution in [0.4, 0.5) is 0 Å². The fourth-order valence-electron chi connectivity index (χ4n) is 3.78. The second-order valence-electron chi connectivity index (χ2n) is 7.51. The van der Waals surface area contributed by atoms with Gasteiger partial charge in [0, 0.05) is 18.0 Å². The highest BCUT2D eigenvalue weighted by Gasteiger charge is 2.33. The van der Waals surface area contributed by atoms with Crippen molar-refractivity contribution in [3.8, 4) is 23.0 Å². The molecule has 1 aliphatic heterocycles. The van der Waals surface area contributed by atoms with Crippen LogP contribution in [-0.2, 0) is 0 Å². The van der Waals surface area contributed by atoms with Crippen LogP contribution in [0.3, 0.4) is 0 Å². The SMILES string of the molecule is COc1cc(C2C=C(c3ccc(O)c(C)c3)NN2C(=O)c2ccncc2)cc(OC)c1OC. The summed E-state index contributed by atoms with van der Waals surface area (Å²) in [5.74, 6) is 1.44. The second kappa shape index (κ2) is 9.12. The topological polar surface area (TPSA) is 93.2 Å². The summed E-state index contributed by atoms with van der Waals surface area (Å²) in [6, 6.07) is 11.8. The Morgan fingerprint density at radius 3 is 2.24 bits per heavy atom. The number of nitrogens with one attached hydrogen (secondary N) is 1. The molecule has 1 aliphatic rings. The molecule has 0 saturated heterocycles. The largest absolute Gasteiger partial charge is 0.508 e. The number of amides is 1. The van der Waals surface area contributed by atoms with E-state index in [-0.39, 0.29) is 11.7 Å². The van der Waals surface area contributed by atoms with Crippen LogP contribution in [-0.4, -0.2) is 42.3 Å². The summed E-state index contributed by atoms with van der Waals surface area (Å²) in [4.78, 5) is 17.4. The smallest absolute Gasteiger partial charge is 0.273 e. The van der Waals surface area contributed by atoms with Crippen molar-refractivity contribution in [2.24, 2.45) is 0 Å². The number of hydrogen-bond acceptors (Lipinski definition) is 7. The molecular weight excluding hydrogens is 422 g/mol. The van der Waals surface area contributed by atoms with Crippen LogP contribution in [0.25, 0.3) is 5.70 Å². The Bertz CT molecular complexity index is 1180. The summed E-state index contributed by atoms with van der Waals surface area (Å²) >= 11 is 0. The molecule has 8 heteroatoms. The maximum absolute atomic E-state index is 13.4. The molecule has 2 aromatic carbocycles. The van der Waals surface area contributed by atoms with Crippen molar-refractivity contribution in [3.05, 3.63) is 83.2 Å². The summed E-state index contributed by atoms with van der Waals surface area (Å²) in [6.07, 6.45) is 5.11. The van der Waals surface area contributed by atoms with Crippen molar-refractivity contribution in [3.63, 3.8) is 0 Å². The molecule has 1 unspecified atom stereocenters. The van der Waals surface area contributed by atoms with E-state index in [0.29, 0.717) is 22.8 Å². The molecule has 33 heavy (non-hydrogen) atoms. The number of aromatic nitrogens is 1. The molecule has 0 aliphatic carbocycles. The molecule has 2 heterocycles. The van der Waals surface area contributed by atoms with Crippen LogP contribution < -0.4 is 19.6 Å². The lowest BCUT2D eigenvalue weighted by molar-refractivity contribution is 0.0672. The Morgan fingerprint density at radius 1 is 1.00 bits per heavy atom. The Labute approximate surface area is 192 Å². The van der Waals surface area contributed by atoms with Crippen molar-refractivity contribution in [1.29, 1.82) is 0 Å². The summed E-state index contributed by atoms with van der Waals surface area (Å²) in [5, 5.41) is 11.5. The van der Waals surface area contributed by atoms with E-state index in [2.05, 4.69) is 10.4 Å². The maximum atomic E-state index is 13.4. The number of ether oxygens (including phenoxy) is 3. The number of aryl methyl sites for hydroxylation is 1. The quantitative estimate of drug-likeness (QED) is 0.593. The fraction of sp³-hybridized carbons (Fsp3) is 0.200. The molecule has 1 atom stereocenters. The Kier molecular flexibility index (Phi) is 6.08. The van der Waals surface area contributed by atoms with Crippen LogP contribution in [0.15, 0.2) is 60.9 Å². The number of carbonyl (C=O) groups is 1. The standard InChI is InChI=1S/C25H25N3O5/c1-15-11-17(5-6-21(15)29)19-14-20(28(27-19)25(30)16-7-9-26-10-8-16)18-12-22(31-2)24(33-4)23(13-18)32-3/h5-14,20,27,29H,1-4H3. The van der Waals surface area contributed by atoms with E-state index in [1.807, 2.05) is 31.2 Å². The van der Waals surface area contributed by atoms with Gasteiger partial charge < -0.3 is 19.3 Å². The summed E-state index contributed by atoms with van der Waals surface area (Å²) in [5.41, 5.74) is 6.81. The molecular formula is C25H25N3O5. The zero-order chi connectivity index (χ0) is 23.5. The zero-order valence-electron chi connectivity index (χ0n) is 18.8. The number of methoxy groups -OCH3 is 3. The van der Waals surface area contributed by atoms with Gasteiger partial charge in [0.2, 0.25) is 5.75 Å².